The minimum atomic E-state index is -0.982. The number of nitrogens with one attached hydrogen (secondary N) is 2. The van der Waals surface area contributed by atoms with Crippen molar-refractivity contribution >= 4 is 23.6 Å². The summed E-state index contributed by atoms with van der Waals surface area (Å²) >= 11 is 0. The fourth-order valence-corrected chi connectivity index (χ4v) is 4.13. The van der Waals surface area contributed by atoms with Gasteiger partial charge in [0.2, 0.25) is 5.91 Å². The summed E-state index contributed by atoms with van der Waals surface area (Å²) in [6.45, 7) is 9.10. The molecule has 2 aromatic rings. The molecule has 0 heterocycles. The number of carbonyl (C=O) groups excluding carboxylic acids is 3. The van der Waals surface area contributed by atoms with Crippen LogP contribution in [0.15, 0.2) is 48.5 Å². The van der Waals surface area contributed by atoms with Crippen molar-refractivity contribution < 1.29 is 29.0 Å². The Morgan fingerprint density at radius 3 is 2.16 bits per heavy atom. The number of methoxy groups -OCH3 is 1. The van der Waals surface area contributed by atoms with Crippen LogP contribution in [-0.2, 0) is 14.3 Å². The van der Waals surface area contributed by atoms with E-state index in [4.69, 9.17) is 9.47 Å². The smallest absolute Gasteiger partial charge is 0.408 e. The average Bonchev–Trinajstić information content (AvgIpc) is 3.70. The lowest BCUT2D eigenvalue weighted by Gasteiger charge is -2.36. The van der Waals surface area contributed by atoms with Gasteiger partial charge in [-0.15, -0.1) is 0 Å². The minimum absolute atomic E-state index is 0.0523. The molecule has 1 saturated carbocycles. The predicted octanol–water partition coefficient (Wildman–Crippen LogP) is 5.01. The summed E-state index contributed by atoms with van der Waals surface area (Å²) in [6.07, 6.45) is 1.44. The molecular formula is C29H39N3O6. The van der Waals surface area contributed by atoms with Crippen LogP contribution in [0.5, 0.6) is 11.5 Å². The van der Waals surface area contributed by atoms with E-state index in [-0.39, 0.29) is 23.6 Å². The number of amides is 3. The molecule has 3 atom stereocenters. The van der Waals surface area contributed by atoms with Crippen molar-refractivity contribution in [3.63, 3.8) is 0 Å². The van der Waals surface area contributed by atoms with Gasteiger partial charge in [-0.05, 0) is 81.5 Å². The third kappa shape index (κ3) is 7.63. The number of hydrogen-bond acceptors (Lipinski definition) is 6. The Bertz CT molecular complexity index is 1110. The number of rotatable bonds is 10. The van der Waals surface area contributed by atoms with Gasteiger partial charge in [-0.2, -0.15) is 0 Å². The van der Waals surface area contributed by atoms with Gasteiger partial charge in [-0.1, -0.05) is 32.4 Å². The molecule has 3 unspecified atom stereocenters. The second-order valence-corrected chi connectivity index (χ2v) is 10.7. The lowest BCUT2D eigenvalue weighted by atomic mass is 9.95. The molecule has 0 saturated heterocycles. The zero-order valence-corrected chi connectivity index (χ0v) is 23.0. The second kappa shape index (κ2) is 12.2. The van der Waals surface area contributed by atoms with E-state index in [9.17, 15) is 19.5 Å². The average molecular weight is 526 g/mol. The van der Waals surface area contributed by atoms with Gasteiger partial charge >= 0.3 is 6.09 Å². The molecule has 1 fully saturated rings. The molecule has 0 radical (unpaired) electrons. The Morgan fingerprint density at radius 1 is 1.05 bits per heavy atom. The Kier molecular flexibility index (Phi) is 9.25. The maximum Gasteiger partial charge on any atom is 0.408 e. The molecule has 3 amide bonds. The molecule has 3 N–H and O–H groups in total. The molecule has 1 aliphatic rings. The van der Waals surface area contributed by atoms with Gasteiger partial charge in [0.1, 0.15) is 29.2 Å². The van der Waals surface area contributed by atoms with Gasteiger partial charge in [0.25, 0.3) is 5.91 Å². The van der Waals surface area contributed by atoms with Crippen LogP contribution in [0.3, 0.4) is 0 Å². The normalized spacial score (nSPS) is 15.5. The Hall–Kier alpha value is -3.75. The van der Waals surface area contributed by atoms with Crippen LogP contribution in [0.1, 0.15) is 65.5 Å². The first-order valence-electron chi connectivity index (χ1n) is 13.0. The molecule has 0 spiro atoms. The number of phenolic OH excluding ortho intramolecular Hbond substituents is 1. The molecule has 9 nitrogen and oxygen atoms in total. The number of alkyl carbamates (subject to hydrolysis) is 1. The number of ether oxygens (including phenoxy) is 2. The van der Waals surface area contributed by atoms with E-state index < -0.39 is 29.7 Å². The van der Waals surface area contributed by atoms with E-state index in [1.54, 1.807) is 69.2 Å². The van der Waals surface area contributed by atoms with Crippen LogP contribution < -0.4 is 15.4 Å². The lowest BCUT2D eigenvalue weighted by molar-refractivity contribution is -0.142. The monoisotopic (exact) mass is 525 g/mol. The molecule has 0 aromatic heterocycles. The van der Waals surface area contributed by atoms with Crippen LogP contribution in [0.2, 0.25) is 0 Å². The van der Waals surface area contributed by atoms with Gasteiger partial charge in [0.15, 0.2) is 0 Å². The van der Waals surface area contributed by atoms with E-state index in [1.165, 1.54) is 12.1 Å². The van der Waals surface area contributed by atoms with Gasteiger partial charge < -0.3 is 30.1 Å². The predicted molar refractivity (Wildman–Crippen MR) is 145 cm³/mol. The first kappa shape index (κ1) is 28.8. The minimum Gasteiger partial charge on any atom is -0.508 e. The summed E-state index contributed by atoms with van der Waals surface area (Å²) in [7, 11) is 1.56. The van der Waals surface area contributed by atoms with Crippen LogP contribution in [0.25, 0.3) is 0 Å². The number of hydrogen-bond donors (Lipinski definition) is 3. The Balaban J connectivity index is 1.97. The number of carbonyl (C=O) groups is 3. The molecular weight excluding hydrogens is 486 g/mol. The zero-order chi connectivity index (χ0) is 28.0. The van der Waals surface area contributed by atoms with E-state index in [0.717, 1.165) is 12.8 Å². The summed E-state index contributed by atoms with van der Waals surface area (Å²) in [4.78, 5) is 42.2. The highest BCUT2D eigenvalue weighted by Crippen LogP contribution is 2.37. The number of phenols is 1. The van der Waals surface area contributed by atoms with Crippen molar-refractivity contribution in [1.82, 2.24) is 10.2 Å². The molecule has 38 heavy (non-hydrogen) atoms. The van der Waals surface area contributed by atoms with Crippen molar-refractivity contribution in [3.8, 4) is 11.5 Å². The van der Waals surface area contributed by atoms with Crippen molar-refractivity contribution in [3.05, 3.63) is 54.1 Å². The van der Waals surface area contributed by atoms with Crippen LogP contribution >= 0.6 is 0 Å². The largest absolute Gasteiger partial charge is 0.508 e. The van der Waals surface area contributed by atoms with E-state index in [2.05, 4.69) is 10.6 Å². The van der Waals surface area contributed by atoms with Gasteiger partial charge in [-0.3, -0.25) is 9.59 Å². The molecule has 3 rings (SSSR count). The van der Waals surface area contributed by atoms with Gasteiger partial charge in [0, 0.05) is 11.7 Å². The molecule has 2 aromatic carbocycles. The Labute approximate surface area is 224 Å². The van der Waals surface area contributed by atoms with Crippen molar-refractivity contribution in [1.29, 1.82) is 0 Å². The van der Waals surface area contributed by atoms with E-state index in [0.29, 0.717) is 23.4 Å². The highest BCUT2D eigenvalue weighted by atomic mass is 16.6. The number of nitrogens with zero attached hydrogens (tertiary/aromatic N) is 1. The summed E-state index contributed by atoms with van der Waals surface area (Å²) in [5.74, 6) is -0.257. The quantitative estimate of drug-likeness (QED) is 0.401. The van der Waals surface area contributed by atoms with Crippen molar-refractivity contribution in [2.24, 2.45) is 5.92 Å². The first-order chi connectivity index (χ1) is 17.9. The zero-order valence-electron chi connectivity index (χ0n) is 23.0. The highest BCUT2D eigenvalue weighted by Gasteiger charge is 2.45. The fourth-order valence-electron chi connectivity index (χ4n) is 4.13. The molecule has 1 aliphatic carbocycles. The van der Waals surface area contributed by atoms with E-state index in [1.807, 2.05) is 13.8 Å². The van der Waals surface area contributed by atoms with Crippen LogP contribution in [0, 0.1) is 5.92 Å². The number of anilines is 1. The highest BCUT2D eigenvalue weighted by molar-refractivity contribution is 5.99. The molecule has 0 bridgehead atoms. The van der Waals surface area contributed by atoms with Gasteiger partial charge in [-0.25, -0.2) is 4.79 Å². The summed E-state index contributed by atoms with van der Waals surface area (Å²) in [6, 6.07) is 11.1. The lowest BCUT2D eigenvalue weighted by Crippen LogP contribution is -2.55. The maximum atomic E-state index is 14.2. The van der Waals surface area contributed by atoms with Crippen LogP contribution in [-0.4, -0.2) is 52.7 Å². The molecule has 206 valence electrons. The SMILES string of the molecule is CCC(C)C(NC(=O)OC(C)(C)C)C(=O)N(C1CC1)C(C(=O)Nc1ccc(OC)cc1)c1ccc(O)cc1. The Morgan fingerprint density at radius 2 is 1.66 bits per heavy atom. The second-order valence-electron chi connectivity index (χ2n) is 10.7. The maximum absolute atomic E-state index is 14.2. The molecule has 9 heteroatoms. The van der Waals surface area contributed by atoms with Crippen molar-refractivity contribution in [2.75, 3.05) is 12.4 Å². The summed E-state index contributed by atoms with van der Waals surface area (Å²) in [5.41, 5.74) is 0.373. The fraction of sp³-hybridized carbons (Fsp3) is 0.483. The topological polar surface area (TPSA) is 117 Å². The third-order valence-corrected chi connectivity index (χ3v) is 6.44. The standard InChI is InChI=1S/C29H39N3O6/c1-7-18(2)24(31-28(36)38-29(3,4)5)27(35)32(21-12-13-21)25(19-8-14-22(33)15-9-19)26(34)30-20-10-16-23(37-6)17-11-20/h8-11,14-18,21,24-25,33H,7,12-13H2,1-6H3,(H,30,34)(H,31,36). The summed E-state index contributed by atoms with van der Waals surface area (Å²) < 4.78 is 10.6. The first-order valence-corrected chi connectivity index (χ1v) is 13.0. The molecule has 0 aliphatic heterocycles. The van der Waals surface area contributed by atoms with E-state index >= 15 is 0 Å². The number of benzene rings is 2. The summed E-state index contributed by atoms with van der Waals surface area (Å²) in [5, 5.41) is 15.5. The van der Waals surface area contributed by atoms with Crippen molar-refractivity contribution in [2.45, 2.75) is 77.6 Å². The number of aromatic hydroxyl groups is 1. The van der Waals surface area contributed by atoms with Crippen LogP contribution in [0.4, 0.5) is 10.5 Å². The third-order valence-electron chi connectivity index (χ3n) is 6.44. The van der Waals surface area contributed by atoms with Gasteiger partial charge in [0.05, 0.1) is 7.11 Å².